The molecule has 0 atom stereocenters. The second-order valence-corrected chi connectivity index (χ2v) is 5.61. The van der Waals surface area contributed by atoms with Crippen molar-refractivity contribution in [1.82, 2.24) is 4.98 Å². The second kappa shape index (κ2) is 6.45. The normalized spacial score (nSPS) is 10.3. The molecule has 0 aliphatic rings. The lowest BCUT2D eigenvalue weighted by atomic mass is 10.2. The van der Waals surface area contributed by atoms with Gasteiger partial charge in [0.25, 0.3) is 11.8 Å². The van der Waals surface area contributed by atoms with Crippen molar-refractivity contribution in [3.05, 3.63) is 65.1 Å². The van der Waals surface area contributed by atoms with E-state index in [0.717, 1.165) is 0 Å². The third-order valence-corrected chi connectivity index (χ3v) is 3.85. The Balaban J connectivity index is 1.66. The molecular formula is C16H13N3O3S. The molecule has 0 aliphatic heterocycles. The highest BCUT2D eigenvalue weighted by Crippen LogP contribution is 2.16. The molecule has 1 aromatic carbocycles. The summed E-state index contributed by atoms with van der Waals surface area (Å²) in [4.78, 5) is 28.1. The fourth-order valence-corrected chi connectivity index (χ4v) is 2.50. The van der Waals surface area contributed by atoms with Gasteiger partial charge in [-0.3, -0.25) is 14.9 Å². The molecule has 0 spiro atoms. The number of thiazole rings is 1. The Kier molecular flexibility index (Phi) is 4.20. The third-order valence-electron chi connectivity index (χ3n) is 3.16. The fraction of sp³-hybridized carbons (Fsp3) is 0.0625. The fourth-order valence-electron chi connectivity index (χ4n) is 1.98. The molecule has 6 nitrogen and oxygen atoms in total. The summed E-state index contributed by atoms with van der Waals surface area (Å²) in [7, 11) is 0. The van der Waals surface area contributed by atoms with Crippen LogP contribution in [-0.2, 0) is 0 Å². The maximum atomic E-state index is 12.1. The number of hydrogen-bond donors (Lipinski definition) is 2. The first kappa shape index (κ1) is 15.0. The minimum Gasteiger partial charge on any atom is -0.469 e. The number of amides is 2. The van der Waals surface area contributed by atoms with Crippen LogP contribution in [0.3, 0.4) is 0 Å². The zero-order chi connectivity index (χ0) is 16.2. The Labute approximate surface area is 136 Å². The minimum absolute atomic E-state index is 0.247. The van der Waals surface area contributed by atoms with E-state index in [1.165, 1.54) is 17.6 Å². The third kappa shape index (κ3) is 3.46. The maximum absolute atomic E-state index is 12.1. The van der Waals surface area contributed by atoms with E-state index < -0.39 is 0 Å². The van der Waals surface area contributed by atoms with Gasteiger partial charge in [0.05, 0.1) is 11.8 Å². The average molecular weight is 327 g/mol. The van der Waals surface area contributed by atoms with Gasteiger partial charge >= 0.3 is 0 Å². The van der Waals surface area contributed by atoms with Crippen molar-refractivity contribution in [2.45, 2.75) is 6.92 Å². The van der Waals surface area contributed by atoms with Crippen molar-refractivity contribution < 1.29 is 14.0 Å². The van der Waals surface area contributed by atoms with Crippen molar-refractivity contribution in [2.75, 3.05) is 10.6 Å². The predicted molar refractivity (Wildman–Crippen MR) is 87.9 cm³/mol. The Bertz CT molecular complexity index is 823. The van der Waals surface area contributed by atoms with Crippen LogP contribution in [0.25, 0.3) is 0 Å². The Morgan fingerprint density at radius 3 is 2.48 bits per heavy atom. The van der Waals surface area contributed by atoms with Crippen molar-refractivity contribution in [3.8, 4) is 0 Å². The van der Waals surface area contributed by atoms with Crippen molar-refractivity contribution in [1.29, 1.82) is 0 Å². The lowest BCUT2D eigenvalue weighted by Gasteiger charge is -2.06. The monoisotopic (exact) mass is 327 g/mol. The summed E-state index contributed by atoms with van der Waals surface area (Å²) < 4.78 is 5.11. The quantitative estimate of drug-likeness (QED) is 0.767. The molecular weight excluding hydrogens is 314 g/mol. The van der Waals surface area contributed by atoms with Crippen LogP contribution in [0.4, 0.5) is 10.8 Å². The number of aryl methyl sites for hydroxylation is 1. The number of nitrogens with zero attached hydrogens (tertiary/aromatic N) is 1. The van der Waals surface area contributed by atoms with Crippen molar-refractivity contribution in [2.24, 2.45) is 0 Å². The summed E-state index contributed by atoms with van der Waals surface area (Å²) in [6, 6.07) is 8.23. The molecule has 0 unspecified atom stereocenters. The molecule has 0 fully saturated rings. The summed E-state index contributed by atoms with van der Waals surface area (Å²) in [5.74, 6) is 0.0571. The van der Waals surface area contributed by atoms with Gasteiger partial charge in [-0.25, -0.2) is 4.98 Å². The number of aromatic nitrogens is 1. The van der Waals surface area contributed by atoms with Gasteiger partial charge in [0, 0.05) is 22.8 Å². The Hall–Kier alpha value is -2.93. The first-order valence-electron chi connectivity index (χ1n) is 6.80. The number of rotatable bonds is 4. The number of anilines is 2. The number of furan rings is 1. The van der Waals surface area contributed by atoms with E-state index in [2.05, 4.69) is 15.6 Å². The zero-order valence-corrected chi connectivity index (χ0v) is 13.0. The van der Waals surface area contributed by atoms with E-state index in [9.17, 15) is 9.59 Å². The molecule has 3 rings (SSSR count). The van der Waals surface area contributed by atoms with Crippen LogP contribution < -0.4 is 10.6 Å². The van der Waals surface area contributed by atoms with Gasteiger partial charge in [-0.2, -0.15) is 0 Å². The molecule has 23 heavy (non-hydrogen) atoms. The molecule has 0 saturated heterocycles. The molecule has 2 heterocycles. The Morgan fingerprint density at radius 2 is 1.87 bits per heavy atom. The van der Waals surface area contributed by atoms with Gasteiger partial charge in [0.1, 0.15) is 5.76 Å². The van der Waals surface area contributed by atoms with Gasteiger partial charge in [-0.1, -0.05) is 0 Å². The lowest BCUT2D eigenvalue weighted by molar-refractivity contribution is 0.101. The van der Waals surface area contributed by atoms with Gasteiger partial charge in [0.15, 0.2) is 5.13 Å². The van der Waals surface area contributed by atoms with Crippen LogP contribution in [0.15, 0.2) is 52.6 Å². The lowest BCUT2D eigenvalue weighted by Crippen LogP contribution is -2.13. The Morgan fingerprint density at radius 1 is 1.09 bits per heavy atom. The van der Waals surface area contributed by atoms with Crippen LogP contribution in [0.2, 0.25) is 0 Å². The molecule has 116 valence electrons. The molecule has 0 saturated carbocycles. The summed E-state index contributed by atoms with van der Waals surface area (Å²) >= 11 is 1.35. The number of hydrogen-bond acceptors (Lipinski definition) is 5. The first-order valence-corrected chi connectivity index (χ1v) is 7.68. The molecule has 7 heteroatoms. The van der Waals surface area contributed by atoms with E-state index in [4.69, 9.17) is 4.42 Å². The van der Waals surface area contributed by atoms with E-state index in [-0.39, 0.29) is 11.8 Å². The molecule has 2 N–H and O–H groups in total. The molecule has 0 radical (unpaired) electrons. The first-order chi connectivity index (χ1) is 11.1. The van der Waals surface area contributed by atoms with Gasteiger partial charge in [-0.15, -0.1) is 11.3 Å². The van der Waals surface area contributed by atoms with Crippen LogP contribution in [0.1, 0.15) is 26.5 Å². The average Bonchev–Trinajstić information content (AvgIpc) is 3.19. The summed E-state index contributed by atoms with van der Waals surface area (Å²) in [5, 5.41) is 7.78. The highest BCUT2D eigenvalue weighted by molar-refractivity contribution is 7.13. The SMILES string of the molecule is Cc1occc1C(=O)Nc1ccc(C(=O)Nc2nccs2)cc1. The molecule has 0 aliphatic carbocycles. The van der Waals surface area contributed by atoms with E-state index in [1.54, 1.807) is 48.8 Å². The topological polar surface area (TPSA) is 84.2 Å². The predicted octanol–water partition coefficient (Wildman–Crippen LogP) is 3.55. The number of nitrogens with one attached hydrogen (secondary N) is 2. The van der Waals surface area contributed by atoms with Gasteiger partial charge in [0.2, 0.25) is 0 Å². The smallest absolute Gasteiger partial charge is 0.259 e. The van der Waals surface area contributed by atoms with E-state index in [0.29, 0.717) is 27.7 Å². The highest BCUT2D eigenvalue weighted by Gasteiger charge is 2.12. The van der Waals surface area contributed by atoms with E-state index >= 15 is 0 Å². The van der Waals surface area contributed by atoms with Crippen LogP contribution in [0, 0.1) is 6.92 Å². The summed E-state index contributed by atoms with van der Waals surface area (Å²) in [6.07, 6.45) is 3.09. The summed E-state index contributed by atoms with van der Waals surface area (Å²) in [6.45, 7) is 1.72. The van der Waals surface area contributed by atoms with Gasteiger partial charge in [-0.05, 0) is 37.3 Å². The van der Waals surface area contributed by atoms with Crippen LogP contribution in [-0.4, -0.2) is 16.8 Å². The van der Waals surface area contributed by atoms with Crippen molar-refractivity contribution in [3.63, 3.8) is 0 Å². The minimum atomic E-state index is -0.253. The molecule has 3 aromatic rings. The van der Waals surface area contributed by atoms with E-state index in [1.807, 2.05) is 0 Å². The molecule has 2 amide bonds. The number of carbonyl (C=O) groups excluding carboxylic acids is 2. The molecule has 2 aromatic heterocycles. The number of benzene rings is 1. The van der Waals surface area contributed by atoms with Crippen LogP contribution in [0.5, 0.6) is 0 Å². The summed E-state index contributed by atoms with van der Waals surface area (Å²) in [5.41, 5.74) is 1.56. The largest absolute Gasteiger partial charge is 0.469 e. The highest BCUT2D eigenvalue weighted by atomic mass is 32.1. The van der Waals surface area contributed by atoms with Gasteiger partial charge < -0.3 is 9.73 Å². The zero-order valence-electron chi connectivity index (χ0n) is 12.2. The second-order valence-electron chi connectivity index (χ2n) is 4.71. The standard InChI is InChI=1S/C16H13N3O3S/c1-10-13(6-8-22-10)15(21)18-12-4-2-11(3-5-12)14(20)19-16-17-7-9-23-16/h2-9H,1H3,(H,18,21)(H,17,19,20). The maximum Gasteiger partial charge on any atom is 0.259 e. The van der Waals surface area contributed by atoms with Crippen LogP contribution >= 0.6 is 11.3 Å². The number of carbonyl (C=O) groups is 2. The van der Waals surface area contributed by atoms with Crippen molar-refractivity contribution >= 4 is 34.0 Å². The molecule has 0 bridgehead atoms.